The number of fused-ring (bicyclic) bond motifs is 2. The summed E-state index contributed by atoms with van der Waals surface area (Å²) in [6.07, 6.45) is 0. The quantitative estimate of drug-likeness (QED) is 0.269. The Morgan fingerprint density at radius 3 is 1.22 bits per heavy atom. The van der Waals surface area contributed by atoms with Crippen LogP contribution in [0.15, 0.2) is 109 Å². The zero-order valence-electron chi connectivity index (χ0n) is 19.0. The highest BCUT2D eigenvalue weighted by Gasteiger charge is 2.23. The van der Waals surface area contributed by atoms with Crippen LogP contribution in [0.4, 0.5) is 8.78 Å². The summed E-state index contributed by atoms with van der Waals surface area (Å²) in [5, 5.41) is 25.6. The summed E-state index contributed by atoms with van der Waals surface area (Å²) in [6.45, 7) is 0. The SMILES string of the molecule is Oc1c(-c2ccccc2)cc2cc(F)ccc2c1-c1c(O)c(-c2ccccc2)cc2cc(F)ccc12. The molecule has 0 aliphatic carbocycles. The van der Waals surface area contributed by atoms with Crippen molar-refractivity contribution in [2.75, 3.05) is 0 Å². The summed E-state index contributed by atoms with van der Waals surface area (Å²) < 4.78 is 28.6. The first-order valence-electron chi connectivity index (χ1n) is 11.5. The van der Waals surface area contributed by atoms with Gasteiger partial charge in [0.05, 0.1) is 0 Å². The maximum absolute atomic E-state index is 14.3. The molecule has 0 radical (unpaired) electrons. The highest BCUT2D eigenvalue weighted by Crippen LogP contribution is 2.51. The molecule has 4 heteroatoms. The lowest BCUT2D eigenvalue weighted by Crippen LogP contribution is -1.93. The number of halogens is 2. The number of benzene rings is 6. The van der Waals surface area contributed by atoms with Gasteiger partial charge in [-0.1, -0.05) is 72.8 Å². The van der Waals surface area contributed by atoms with Crippen LogP contribution < -0.4 is 0 Å². The number of phenols is 2. The summed E-state index contributed by atoms with van der Waals surface area (Å²) >= 11 is 0. The lowest BCUT2D eigenvalue weighted by atomic mass is 9.86. The Balaban J connectivity index is 1.80. The maximum atomic E-state index is 14.3. The van der Waals surface area contributed by atoms with Gasteiger partial charge in [0.15, 0.2) is 0 Å². The van der Waals surface area contributed by atoms with Crippen LogP contribution in [-0.4, -0.2) is 10.2 Å². The van der Waals surface area contributed by atoms with Crippen molar-refractivity contribution >= 4 is 21.5 Å². The molecule has 0 saturated heterocycles. The fourth-order valence-corrected chi connectivity index (χ4v) is 4.92. The Bertz CT molecular complexity index is 1630. The number of hydrogen-bond donors (Lipinski definition) is 2. The molecule has 0 amide bonds. The van der Waals surface area contributed by atoms with E-state index in [0.717, 1.165) is 11.1 Å². The van der Waals surface area contributed by atoms with Crippen LogP contribution in [0, 0.1) is 11.6 Å². The zero-order valence-corrected chi connectivity index (χ0v) is 19.0. The molecule has 0 bridgehead atoms. The number of aromatic hydroxyl groups is 2. The molecule has 6 aromatic rings. The molecule has 6 rings (SSSR count). The third kappa shape index (κ3) is 3.55. The van der Waals surface area contributed by atoms with Gasteiger partial charge in [0, 0.05) is 22.3 Å². The normalized spacial score (nSPS) is 11.3. The molecule has 2 N–H and O–H groups in total. The second-order valence-electron chi connectivity index (χ2n) is 8.76. The van der Waals surface area contributed by atoms with Crippen molar-refractivity contribution in [3.8, 4) is 44.9 Å². The van der Waals surface area contributed by atoms with Crippen LogP contribution >= 0.6 is 0 Å². The monoisotopic (exact) mass is 474 g/mol. The van der Waals surface area contributed by atoms with Gasteiger partial charge in [-0.2, -0.15) is 0 Å². The first-order chi connectivity index (χ1) is 17.5. The smallest absolute Gasteiger partial charge is 0.132 e. The van der Waals surface area contributed by atoms with E-state index >= 15 is 0 Å². The van der Waals surface area contributed by atoms with Crippen LogP contribution in [0.3, 0.4) is 0 Å². The van der Waals surface area contributed by atoms with Crippen molar-refractivity contribution in [1.29, 1.82) is 0 Å². The van der Waals surface area contributed by atoms with E-state index in [9.17, 15) is 19.0 Å². The average molecular weight is 475 g/mol. The van der Waals surface area contributed by atoms with E-state index < -0.39 is 11.6 Å². The van der Waals surface area contributed by atoms with Gasteiger partial charge in [-0.15, -0.1) is 0 Å². The topological polar surface area (TPSA) is 40.5 Å². The third-order valence-electron chi connectivity index (χ3n) is 6.57. The third-order valence-corrected chi connectivity index (χ3v) is 6.57. The molecule has 0 fully saturated rings. The summed E-state index contributed by atoms with van der Waals surface area (Å²) in [5.74, 6) is -0.919. The van der Waals surface area contributed by atoms with E-state index in [1.807, 2.05) is 60.7 Å². The fourth-order valence-electron chi connectivity index (χ4n) is 4.92. The largest absolute Gasteiger partial charge is 0.507 e. The van der Waals surface area contributed by atoms with Gasteiger partial charge in [-0.25, -0.2) is 8.78 Å². The van der Waals surface area contributed by atoms with Gasteiger partial charge >= 0.3 is 0 Å². The Kier molecular flexibility index (Phi) is 5.15. The van der Waals surface area contributed by atoms with Crippen molar-refractivity contribution in [2.24, 2.45) is 0 Å². The van der Waals surface area contributed by atoms with Crippen LogP contribution in [0.2, 0.25) is 0 Å². The maximum Gasteiger partial charge on any atom is 0.132 e. The van der Waals surface area contributed by atoms with E-state index in [2.05, 4.69) is 0 Å². The number of hydrogen-bond acceptors (Lipinski definition) is 2. The van der Waals surface area contributed by atoms with E-state index in [0.29, 0.717) is 43.8 Å². The molecule has 174 valence electrons. The van der Waals surface area contributed by atoms with Gasteiger partial charge in [-0.3, -0.25) is 0 Å². The molecule has 0 aliphatic rings. The summed E-state index contributed by atoms with van der Waals surface area (Å²) in [4.78, 5) is 0. The Labute approximate surface area is 206 Å². The van der Waals surface area contributed by atoms with Gasteiger partial charge < -0.3 is 10.2 Å². The molecule has 6 aromatic carbocycles. The van der Waals surface area contributed by atoms with Gasteiger partial charge in [-0.05, 0) is 69.1 Å². The molecule has 0 aromatic heterocycles. The molecular formula is C32H20F2O2. The van der Waals surface area contributed by atoms with Crippen molar-refractivity contribution < 1.29 is 19.0 Å². The molecule has 0 spiro atoms. The number of phenolic OH excluding ortho intramolecular Hbond substituents is 2. The molecule has 2 nitrogen and oxygen atoms in total. The zero-order chi connectivity index (χ0) is 24.8. The average Bonchev–Trinajstić information content (AvgIpc) is 2.90. The lowest BCUT2D eigenvalue weighted by Gasteiger charge is -2.19. The predicted molar refractivity (Wildman–Crippen MR) is 141 cm³/mol. The second kappa shape index (κ2) is 8.51. The molecule has 0 aliphatic heterocycles. The molecule has 0 heterocycles. The van der Waals surface area contributed by atoms with E-state index in [1.54, 1.807) is 24.3 Å². The fraction of sp³-hybridized carbons (Fsp3) is 0. The minimum atomic E-state index is -0.410. The Morgan fingerprint density at radius 1 is 0.444 bits per heavy atom. The van der Waals surface area contributed by atoms with Crippen molar-refractivity contribution in [1.82, 2.24) is 0 Å². The lowest BCUT2D eigenvalue weighted by molar-refractivity contribution is 0.472. The van der Waals surface area contributed by atoms with Crippen molar-refractivity contribution in [2.45, 2.75) is 0 Å². The molecule has 36 heavy (non-hydrogen) atoms. The van der Waals surface area contributed by atoms with Gasteiger partial charge in [0.1, 0.15) is 23.1 Å². The van der Waals surface area contributed by atoms with Gasteiger partial charge in [0.2, 0.25) is 0 Å². The summed E-state index contributed by atoms with van der Waals surface area (Å²) in [6, 6.07) is 30.8. The van der Waals surface area contributed by atoms with Crippen LogP contribution in [0.5, 0.6) is 11.5 Å². The second-order valence-corrected chi connectivity index (χ2v) is 8.76. The standard InChI is InChI=1S/C32H20F2O2/c33-23-11-13-25-21(15-23)17-27(19-7-3-1-4-8-19)31(35)29(25)30-26-14-12-24(34)16-22(26)18-28(32(30)36)20-9-5-2-6-10-20/h1-18,35-36H. The molecule has 0 atom stereocenters. The predicted octanol–water partition coefficient (Wildman–Crippen LogP) is 8.68. The number of rotatable bonds is 3. The first kappa shape index (κ1) is 21.8. The van der Waals surface area contributed by atoms with E-state index in [4.69, 9.17) is 0 Å². The summed E-state index contributed by atoms with van der Waals surface area (Å²) in [5.41, 5.74) is 3.22. The van der Waals surface area contributed by atoms with Crippen molar-refractivity contribution in [3.63, 3.8) is 0 Å². The first-order valence-corrected chi connectivity index (χ1v) is 11.5. The highest BCUT2D eigenvalue weighted by atomic mass is 19.1. The molecule has 0 unspecified atom stereocenters. The van der Waals surface area contributed by atoms with Gasteiger partial charge in [0.25, 0.3) is 0 Å². The van der Waals surface area contributed by atoms with Crippen LogP contribution in [-0.2, 0) is 0 Å². The Morgan fingerprint density at radius 2 is 0.833 bits per heavy atom. The van der Waals surface area contributed by atoms with Crippen molar-refractivity contribution in [3.05, 3.63) is 121 Å². The van der Waals surface area contributed by atoms with Crippen LogP contribution in [0.1, 0.15) is 0 Å². The van der Waals surface area contributed by atoms with Crippen LogP contribution in [0.25, 0.3) is 54.9 Å². The van der Waals surface area contributed by atoms with E-state index in [1.165, 1.54) is 24.3 Å². The minimum absolute atomic E-state index is 0.0496. The molecular weight excluding hydrogens is 454 g/mol. The minimum Gasteiger partial charge on any atom is -0.507 e. The highest BCUT2D eigenvalue weighted by molar-refractivity contribution is 6.13. The molecule has 0 saturated carbocycles. The Hall–Kier alpha value is -4.70. The summed E-state index contributed by atoms with van der Waals surface area (Å²) in [7, 11) is 0. The van der Waals surface area contributed by atoms with E-state index in [-0.39, 0.29) is 11.5 Å².